The van der Waals surface area contributed by atoms with Crippen LogP contribution in [0.5, 0.6) is 0 Å². The minimum absolute atomic E-state index is 0.0226. The monoisotopic (exact) mass is 245 g/mol. The van der Waals surface area contributed by atoms with Crippen molar-refractivity contribution in [3.8, 4) is 11.3 Å². The van der Waals surface area contributed by atoms with Gasteiger partial charge < -0.3 is 10.2 Å². The number of carboxylic acid groups (broad SMARTS) is 1. The van der Waals surface area contributed by atoms with Gasteiger partial charge in [0.25, 0.3) is 0 Å². The van der Waals surface area contributed by atoms with E-state index in [2.05, 4.69) is 15.3 Å². The Bertz CT molecular complexity index is 572. The molecule has 0 spiro atoms. The molecule has 6 heteroatoms. The lowest BCUT2D eigenvalue weighted by atomic mass is 10.1. The number of amides is 1. The zero-order valence-electron chi connectivity index (χ0n) is 9.37. The van der Waals surface area contributed by atoms with Crippen LogP contribution in [0.2, 0.25) is 0 Å². The summed E-state index contributed by atoms with van der Waals surface area (Å²) in [5.74, 6) is 0.0226. The van der Waals surface area contributed by atoms with Crippen molar-refractivity contribution in [2.24, 2.45) is 0 Å². The van der Waals surface area contributed by atoms with E-state index in [-0.39, 0.29) is 12.6 Å². The molecule has 0 fully saturated rings. The highest BCUT2D eigenvalue weighted by Gasteiger charge is 2.05. The Morgan fingerprint density at radius 1 is 1.33 bits per heavy atom. The number of aliphatic hydroxyl groups is 1. The summed E-state index contributed by atoms with van der Waals surface area (Å²) in [6.45, 7) is -0.0564. The van der Waals surface area contributed by atoms with Crippen LogP contribution in [0.15, 0.2) is 36.5 Å². The van der Waals surface area contributed by atoms with E-state index in [4.69, 9.17) is 10.2 Å². The first-order valence-electron chi connectivity index (χ1n) is 5.22. The van der Waals surface area contributed by atoms with Gasteiger partial charge in [0.1, 0.15) is 0 Å². The Balaban J connectivity index is 2.34. The zero-order valence-corrected chi connectivity index (χ0v) is 9.37. The van der Waals surface area contributed by atoms with E-state index in [1.807, 2.05) is 6.07 Å². The minimum Gasteiger partial charge on any atom is -0.465 e. The molecule has 1 amide bonds. The normalized spacial score (nSPS) is 10.1. The summed E-state index contributed by atoms with van der Waals surface area (Å²) in [4.78, 5) is 18.4. The fourth-order valence-corrected chi connectivity index (χ4v) is 1.50. The second-order valence-corrected chi connectivity index (χ2v) is 3.55. The van der Waals surface area contributed by atoms with Crippen molar-refractivity contribution in [2.45, 2.75) is 6.61 Å². The molecule has 0 radical (unpaired) electrons. The third-order valence-electron chi connectivity index (χ3n) is 2.28. The number of aliphatic hydroxyl groups excluding tert-OH is 1. The van der Waals surface area contributed by atoms with Crippen LogP contribution < -0.4 is 5.32 Å². The van der Waals surface area contributed by atoms with Crippen LogP contribution in [0.25, 0.3) is 11.3 Å². The van der Waals surface area contributed by atoms with Gasteiger partial charge >= 0.3 is 6.09 Å². The lowest BCUT2D eigenvalue weighted by Gasteiger charge is -2.04. The lowest BCUT2D eigenvalue weighted by molar-refractivity contribution is 0.209. The summed E-state index contributed by atoms with van der Waals surface area (Å²) in [7, 11) is 0. The van der Waals surface area contributed by atoms with Gasteiger partial charge in [0, 0.05) is 11.8 Å². The highest BCUT2D eigenvalue weighted by molar-refractivity contribution is 5.80. The van der Waals surface area contributed by atoms with Crippen molar-refractivity contribution in [1.82, 2.24) is 9.97 Å². The maximum atomic E-state index is 10.5. The molecule has 18 heavy (non-hydrogen) atoms. The second kappa shape index (κ2) is 5.24. The minimum atomic E-state index is -1.21. The van der Waals surface area contributed by atoms with Crippen LogP contribution in [0.4, 0.5) is 10.7 Å². The summed E-state index contributed by atoms with van der Waals surface area (Å²) in [6.07, 6.45) is 0.260. The SMILES string of the molecule is O=C(O)Nc1nccc(-c2cccc(CO)c2)n1. The van der Waals surface area contributed by atoms with Gasteiger partial charge in [0.2, 0.25) is 5.95 Å². The predicted molar refractivity (Wildman–Crippen MR) is 65.0 cm³/mol. The van der Waals surface area contributed by atoms with E-state index < -0.39 is 6.09 Å². The van der Waals surface area contributed by atoms with Crippen molar-refractivity contribution in [3.05, 3.63) is 42.1 Å². The van der Waals surface area contributed by atoms with Crippen molar-refractivity contribution in [1.29, 1.82) is 0 Å². The van der Waals surface area contributed by atoms with Gasteiger partial charge in [-0.2, -0.15) is 0 Å². The van der Waals surface area contributed by atoms with Gasteiger partial charge in [-0.3, -0.25) is 5.32 Å². The van der Waals surface area contributed by atoms with Crippen LogP contribution in [0, 0.1) is 0 Å². The van der Waals surface area contributed by atoms with E-state index in [1.165, 1.54) is 6.20 Å². The molecule has 2 aromatic rings. The number of nitrogens with one attached hydrogen (secondary N) is 1. The molecule has 0 unspecified atom stereocenters. The molecule has 0 saturated carbocycles. The summed E-state index contributed by atoms with van der Waals surface area (Å²) in [6, 6.07) is 8.87. The third-order valence-corrected chi connectivity index (χ3v) is 2.28. The van der Waals surface area contributed by atoms with Crippen molar-refractivity contribution in [2.75, 3.05) is 5.32 Å². The first-order chi connectivity index (χ1) is 8.69. The Morgan fingerprint density at radius 2 is 2.17 bits per heavy atom. The van der Waals surface area contributed by atoms with E-state index >= 15 is 0 Å². The van der Waals surface area contributed by atoms with Crippen LogP contribution >= 0.6 is 0 Å². The standard InChI is InChI=1S/C12H11N3O3/c16-7-8-2-1-3-9(6-8)10-4-5-13-11(14-10)15-12(17)18/h1-6,16H,7H2,(H,17,18)(H,13,14,15). The van der Waals surface area contributed by atoms with E-state index in [0.717, 1.165) is 11.1 Å². The van der Waals surface area contributed by atoms with Gasteiger partial charge in [-0.1, -0.05) is 18.2 Å². The number of nitrogens with zero attached hydrogens (tertiary/aromatic N) is 2. The summed E-state index contributed by atoms with van der Waals surface area (Å²) in [5, 5.41) is 19.7. The number of carbonyl (C=O) groups is 1. The lowest BCUT2D eigenvalue weighted by Crippen LogP contribution is -2.10. The first-order valence-corrected chi connectivity index (χ1v) is 5.22. The van der Waals surface area contributed by atoms with Gasteiger partial charge in [-0.05, 0) is 17.7 Å². The quantitative estimate of drug-likeness (QED) is 0.765. The molecular formula is C12H11N3O3. The van der Waals surface area contributed by atoms with Gasteiger partial charge in [-0.25, -0.2) is 14.8 Å². The van der Waals surface area contributed by atoms with Crippen molar-refractivity contribution in [3.63, 3.8) is 0 Å². The Kier molecular flexibility index (Phi) is 3.49. The molecular weight excluding hydrogens is 234 g/mol. The number of hydrogen-bond acceptors (Lipinski definition) is 4. The smallest absolute Gasteiger partial charge is 0.411 e. The van der Waals surface area contributed by atoms with E-state index in [9.17, 15) is 4.79 Å². The number of anilines is 1. The summed E-state index contributed by atoms with van der Waals surface area (Å²) in [5.41, 5.74) is 2.14. The fourth-order valence-electron chi connectivity index (χ4n) is 1.50. The highest BCUT2D eigenvalue weighted by atomic mass is 16.4. The molecule has 2 rings (SSSR count). The molecule has 92 valence electrons. The third kappa shape index (κ3) is 2.80. The van der Waals surface area contributed by atoms with Crippen LogP contribution in [-0.2, 0) is 6.61 Å². The van der Waals surface area contributed by atoms with Crippen molar-refractivity contribution < 1.29 is 15.0 Å². The molecule has 6 nitrogen and oxygen atoms in total. The largest absolute Gasteiger partial charge is 0.465 e. The number of aromatic nitrogens is 2. The van der Waals surface area contributed by atoms with Crippen LogP contribution in [-0.4, -0.2) is 26.3 Å². The molecule has 0 aliphatic rings. The molecule has 0 saturated heterocycles. The van der Waals surface area contributed by atoms with E-state index in [1.54, 1.807) is 24.3 Å². The summed E-state index contributed by atoms with van der Waals surface area (Å²) < 4.78 is 0. The van der Waals surface area contributed by atoms with Crippen molar-refractivity contribution >= 4 is 12.0 Å². The highest BCUT2D eigenvalue weighted by Crippen LogP contribution is 2.19. The number of hydrogen-bond donors (Lipinski definition) is 3. The Labute approximate surface area is 103 Å². The number of benzene rings is 1. The molecule has 0 aliphatic heterocycles. The molecule has 0 atom stereocenters. The molecule has 1 aromatic heterocycles. The Hall–Kier alpha value is -2.47. The topological polar surface area (TPSA) is 95.3 Å². The number of rotatable bonds is 3. The summed E-state index contributed by atoms with van der Waals surface area (Å²) >= 11 is 0. The molecule has 0 bridgehead atoms. The van der Waals surface area contributed by atoms with Gasteiger partial charge in [0.15, 0.2) is 0 Å². The Morgan fingerprint density at radius 3 is 2.89 bits per heavy atom. The first kappa shape index (κ1) is 12.0. The maximum Gasteiger partial charge on any atom is 0.411 e. The van der Waals surface area contributed by atoms with Crippen LogP contribution in [0.3, 0.4) is 0 Å². The maximum absolute atomic E-state index is 10.5. The fraction of sp³-hybridized carbons (Fsp3) is 0.0833. The van der Waals surface area contributed by atoms with Gasteiger partial charge in [0.05, 0.1) is 12.3 Å². The zero-order chi connectivity index (χ0) is 13.0. The molecule has 1 aromatic carbocycles. The second-order valence-electron chi connectivity index (χ2n) is 3.55. The molecule has 1 heterocycles. The molecule has 3 N–H and O–H groups in total. The van der Waals surface area contributed by atoms with E-state index in [0.29, 0.717) is 5.69 Å². The average molecular weight is 245 g/mol. The van der Waals surface area contributed by atoms with Gasteiger partial charge in [-0.15, -0.1) is 0 Å². The van der Waals surface area contributed by atoms with Crippen LogP contribution in [0.1, 0.15) is 5.56 Å². The average Bonchev–Trinajstić information content (AvgIpc) is 2.38. The molecule has 0 aliphatic carbocycles. The predicted octanol–water partition coefficient (Wildman–Crippen LogP) is 1.73.